The molecular weight excluding hydrogens is 212 g/mol. The van der Waals surface area contributed by atoms with E-state index in [-0.39, 0.29) is 11.7 Å². The van der Waals surface area contributed by atoms with Crippen molar-refractivity contribution >= 4 is 23.5 Å². The van der Waals surface area contributed by atoms with Crippen molar-refractivity contribution in [3.05, 3.63) is 25.0 Å². The van der Waals surface area contributed by atoms with Gasteiger partial charge >= 0.3 is 0 Å². The molecule has 15 heavy (non-hydrogen) atoms. The van der Waals surface area contributed by atoms with Crippen LogP contribution in [0.15, 0.2) is 30.1 Å². The predicted molar refractivity (Wildman–Crippen MR) is 60.4 cm³/mol. The normalized spacial score (nSPS) is 9.60. The molecule has 3 N–H and O–H groups in total. The molecule has 80 valence electrons. The van der Waals surface area contributed by atoms with E-state index >= 15 is 0 Å². The molecule has 0 bridgehead atoms. The minimum Gasteiger partial charge on any atom is -0.381 e. The molecular formula is C9H12N4OS. The van der Waals surface area contributed by atoms with Crippen molar-refractivity contribution in [2.24, 2.45) is 0 Å². The Bertz CT molecular complexity index is 356. The Hall–Kier alpha value is -1.56. The lowest BCUT2D eigenvalue weighted by atomic mass is 10.6. The number of nitrogens with zero attached hydrogens (tertiary/aromatic N) is 2. The molecule has 0 aliphatic rings. The monoisotopic (exact) mass is 224 g/mol. The summed E-state index contributed by atoms with van der Waals surface area (Å²) in [7, 11) is 0. The van der Waals surface area contributed by atoms with Crippen LogP contribution in [0.5, 0.6) is 0 Å². The second-order valence-electron chi connectivity index (χ2n) is 2.63. The Kier molecular flexibility index (Phi) is 4.62. The number of aromatic nitrogens is 2. The topological polar surface area (TPSA) is 80.9 Å². The fourth-order valence-electron chi connectivity index (χ4n) is 0.818. The highest BCUT2D eigenvalue weighted by atomic mass is 32.2. The Morgan fingerprint density at radius 1 is 1.60 bits per heavy atom. The van der Waals surface area contributed by atoms with Gasteiger partial charge in [-0.15, -0.1) is 6.58 Å². The first kappa shape index (κ1) is 11.5. The Morgan fingerprint density at radius 3 is 3.00 bits per heavy atom. The van der Waals surface area contributed by atoms with E-state index in [4.69, 9.17) is 5.73 Å². The molecule has 1 amide bonds. The Morgan fingerprint density at radius 2 is 2.33 bits per heavy atom. The molecule has 1 rings (SSSR count). The summed E-state index contributed by atoms with van der Waals surface area (Å²) < 4.78 is 0. The first-order chi connectivity index (χ1) is 7.24. The van der Waals surface area contributed by atoms with E-state index in [1.165, 1.54) is 18.0 Å². The summed E-state index contributed by atoms with van der Waals surface area (Å²) in [6.07, 6.45) is 4.68. The number of rotatable bonds is 5. The van der Waals surface area contributed by atoms with E-state index in [1.807, 2.05) is 0 Å². The van der Waals surface area contributed by atoms with E-state index in [0.29, 0.717) is 17.4 Å². The van der Waals surface area contributed by atoms with Gasteiger partial charge in [0.1, 0.15) is 5.03 Å². The molecule has 0 fully saturated rings. The van der Waals surface area contributed by atoms with Gasteiger partial charge in [-0.25, -0.2) is 9.97 Å². The van der Waals surface area contributed by atoms with Crippen LogP contribution >= 0.6 is 11.8 Å². The lowest BCUT2D eigenvalue weighted by Crippen LogP contribution is -2.25. The van der Waals surface area contributed by atoms with Crippen LogP contribution in [0, 0.1) is 0 Å². The Balaban J connectivity index is 2.40. The van der Waals surface area contributed by atoms with Crippen molar-refractivity contribution in [3.8, 4) is 0 Å². The number of nitrogens with one attached hydrogen (secondary N) is 1. The quantitative estimate of drug-likeness (QED) is 0.560. The molecule has 6 heteroatoms. The molecule has 0 saturated heterocycles. The average molecular weight is 224 g/mol. The third-order valence-electron chi connectivity index (χ3n) is 1.47. The van der Waals surface area contributed by atoms with E-state index < -0.39 is 0 Å². The first-order valence-corrected chi connectivity index (χ1v) is 5.29. The number of thioether (sulfide) groups is 1. The van der Waals surface area contributed by atoms with Crippen molar-refractivity contribution in [1.29, 1.82) is 0 Å². The maximum Gasteiger partial charge on any atom is 0.230 e. The molecule has 0 radical (unpaired) electrons. The number of anilines is 1. The number of hydrogen-bond acceptors (Lipinski definition) is 5. The van der Waals surface area contributed by atoms with Gasteiger partial charge in [0.05, 0.1) is 5.75 Å². The van der Waals surface area contributed by atoms with Gasteiger partial charge in [-0.2, -0.15) is 0 Å². The fraction of sp³-hybridized carbons (Fsp3) is 0.222. The zero-order valence-electron chi connectivity index (χ0n) is 8.14. The Labute approximate surface area is 92.2 Å². The number of hydrogen-bond donors (Lipinski definition) is 2. The predicted octanol–water partition coefficient (Wildman–Crippen LogP) is 0.453. The van der Waals surface area contributed by atoms with Gasteiger partial charge in [-0.1, -0.05) is 17.8 Å². The van der Waals surface area contributed by atoms with Crippen molar-refractivity contribution in [2.45, 2.75) is 5.03 Å². The molecule has 0 aliphatic heterocycles. The van der Waals surface area contributed by atoms with Crippen molar-refractivity contribution in [2.75, 3.05) is 18.0 Å². The summed E-state index contributed by atoms with van der Waals surface area (Å²) >= 11 is 1.26. The smallest absolute Gasteiger partial charge is 0.230 e. The molecule has 0 atom stereocenters. The van der Waals surface area contributed by atoms with E-state index in [2.05, 4.69) is 21.9 Å². The van der Waals surface area contributed by atoms with Crippen molar-refractivity contribution < 1.29 is 4.79 Å². The van der Waals surface area contributed by atoms with Crippen LogP contribution in [0.1, 0.15) is 0 Å². The van der Waals surface area contributed by atoms with Gasteiger partial charge in [-0.3, -0.25) is 4.79 Å². The second-order valence-corrected chi connectivity index (χ2v) is 3.59. The molecule has 1 heterocycles. The van der Waals surface area contributed by atoms with Crippen LogP contribution in [-0.2, 0) is 4.79 Å². The van der Waals surface area contributed by atoms with Crippen LogP contribution in [-0.4, -0.2) is 28.2 Å². The van der Waals surface area contributed by atoms with Gasteiger partial charge in [0.15, 0.2) is 5.82 Å². The number of amides is 1. The van der Waals surface area contributed by atoms with E-state index in [0.717, 1.165) is 0 Å². The molecule has 0 aliphatic carbocycles. The number of nitrogen functional groups attached to an aromatic ring is 1. The lowest BCUT2D eigenvalue weighted by molar-refractivity contribution is -0.118. The zero-order chi connectivity index (χ0) is 11.1. The minimum atomic E-state index is -0.0787. The number of carbonyl (C=O) groups is 1. The van der Waals surface area contributed by atoms with Gasteiger partial charge < -0.3 is 11.1 Å². The van der Waals surface area contributed by atoms with E-state index in [9.17, 15) is 4.79 Å². The van der Waals surface area contributed by atoms with Crippen LogP contribution < -0.4 is 11.1 Å². The van der Waals surface area contributed by atoms with Crippen LogP contribution in [0.4, 0.5) is 5.82 Å². The standard InChI is InChI=1S/C9H12N4OS/c1-2-3-11-7(14)6-15-9-8(10)12-4-5-13-9/h2,4-5H,1,3,6H2,(H2,10,12)(H,11,14). The lowest BCUT2D eigenvalue weighted by Gasteiger charge is -2.03. The highest BCUT2D eigenvalue weighted by molar-refractivity contribution is 8.00. The van der Waals surface area contributed by atoms with Gasteiger partial charge in [0, 0.05) is 18.9 Å². The summed E-state index contributed by atoms with van der Waals surface area (Å²) in [5.41, 5.74) is 5.56. The summed E-state index contributed by atoms with van der Waals surface area (Å²) in [5, 5.41) is 3.23. The molecule has 1 aromatic heterocycles. The molecule has 0 saturated carbocycles. The molecule has 1 aromatic rings. The first-order valence-electron chi connectivity index (χ1n) is 4.31. The highest BCUT2D eigenvalue weighted by Crippen LogP contribution is 2.18. The SMILES string of the molecule is C=CCNC(=O)CSc1nccnc1N. The van der Waals surface area contributed by atoms with E-state index in [1.54, 1.807) is 12.3 Å². The third-order valence-corrected chi connectivity index (χ3v) is 2.47. The van der Waals surface area contributed by atoms with Crippen molar-refractivity contribution in [1.82, 2.24) is 15.3 Å². The summed E-state index contributed by atoms with van der Waals surface area (Å²) in [4.78, 5) is 19.1. The highest BCUT2D eigenvalue weighted by Gasteiger charge is 2.05. The minimum absolute atomic E-state index is 0.0787. The van der Waals surface area contributed by atoms with Crippen LogP contribution in [0.2, 0.25) is 0 Å². The van der Waals surface area contributed by atoms with Crippen molar-refractivity contribution in [3.63, 3.8) is 0 Å². The molecule has 0 unspecified atom stereocenters. The second kappa shape index (κ2) is 6.02. The van der Waals surface area contributed by atoms with Gasteiger partial charge in [0.25, 0.3) is 0 Å². The number of nitrogens with two attached hydrogens (primary N) is 1. The maximum absolute atomic E-state index is 11.2. The van der Waals surface area contributed by atoms with Gasteiger partial charge in [0.2, 0.25) is 5.91 Å². The molecule has 5 nitrogen and oxygen atoms in total. The zero-order valence-corrected chi connectivity index (χ0v) is 8.96. The van der Waals surface area contributed by atoms with Crippen LogP contribution in [0.25, 0.3) is 0 Å². The largest absolute Gasteiger partial charge is 0.381 e. The number of carbonyl (C=O) groups excluding carboxylic acids is 1. The van der Waals surface area contributed by atoms with Crippen LogP contribution in [0.3, 0.4) is 0 Å². The molecule has 0 spiro atoms. The summed E-state index contributed by atoms with van der Waals surface area (Å²) in [6, 6.07) is 0. The fourth-order valence-corrected chi connectivity index (χ4v) is 1.52. The third kappa shape index (κ3) is 3.99. The summed E-state index contributed by atoms with van der Waals surface area (Å²) in [6.45, 7) is 3.97. The average Bonchev–Trinajstić information content (AvgIpc) is 2.25. The van der Waals surface area contributed by atoms with Gasteiger partial charge in [-0.05, 0) is 0 Å². The summed E-state index contributed by atoms with van der Waals surface area (Å²) in [5.74, 6) is 0.542. The maximum atomic E-state index is 11.2. The molecule has 0 aromatic carbocycles.